The zero-order valence-corrected chi connectivity index (χ0v) is 36.3. The maximum absolute atomic E-state index is 13.0. The van der Waals surface area contributed by atoms with E-state index in [9.17, 15) is 64.7 Å². The highest BCUT2D eigenvalue weighted by molar-refractivity contribution is 7.92. The van der Waals surface area contributed by atoms with Crippen molar-refractivity contribution in [2.24, 2.45) is 20.5 Å². The molecule has 0 aliphatic rings. The van der Waals surface area contributed by atoms with E-state index in [-0.39, 0.29) is 5.75 Å². The number of rotatable bonds is 19. The molecule has 0 bridgehead atoms. The molecule has 62 heavy (non-hydrogen) atoms. The van der Waals surface area contributed by atoms with Gasteiger partial charge >= 0.3 is 20.8 Å². The SMILES string of the molecule is COc1ccc(S(=O)(=O)CCOS(=O)(=O)O)cc1/N=N/c1c(S(=O)(=O)O)cc2cc(S(=O)(=O)O)c(/N=N/c3cc(OC)c(S(=O)(=O)CCOS(=O)(=O)O)cc3OC)c(O)c2c1N. The van der Waals surface area contributed by atoms with E-state index in [4.69, 9.17) is 29.0 Å². The Morgan fingerprint density at radius 1 is 0.548 bits per heavy atom. The predicted octanol–water partition coefficient (Wildman–Crippen LogP) is 2.66. The van der Waals surface area contributed by atoms with Gasteiger partial charge in [0.15, 0.2) is 25.4 Å². The Morgan fingerprint density at radius 2 is 1.02 bits per heavy atom. The van der Waals surface area contributed by atoms with E-state index < -0.39 is 161 Å². The van der Waals surface area contributed by atoms with Crippen LogP contribution in [0.3, 0.4) is 0 Å². The number of hydrogen-bond acceptors (Lipinski definition) is 23. The quantitative estimate of drug-likeness (QED) is 0.0446. The van der Waals surface area contributed by atoms with E-state index in [1.54, 1.807) is 0 Å². The summed E-state index contributed by atoms with van der Waals surface area (Å²) in [5.41, 5.74) is 2.50. The molecule has 0 aromatic heterocycles. The number of methoxy groups -OCH3 is 3. The Balaban J connectivity index is 1.93. The maximum atomic E-state index is 13.0. The Bertz CT molecular complexity index is 3190. The molecule has 0 heterocycles. The van der Waals surface area contributed by atoms with Crippen LogP contribution < -0.4 is 19.9 Å². The van der Waals surface area contributed by atoms with Gasteiger partial charge in [-0.3, -0.25) is 18.2 Å². The van der Waals surface area contributed by atoms with Gasteiger partial charge in [-0.1, -0.05) is 0 Å². The number of anilines is 1. The number of hydrogen-bond donors (Lipinski definition) is 6. The molecule has 0 atom stereocenters. The van der Waals surface area contributed by atoms with Gasteiger partial charge in [0.1, 0.15) is 54.7 Å². The van der Waals surface area contributed by atoms with Crippen LogP contribution in [0.5, 0.6) is 23.0 Å². The van der Waals surface area contributed by atoms with E-state index in [0.29, 0.717) is 12.1 Å². The minimum absolute atomic E-state index is 0.193. The minimum atomic E-state index is -5.41. The standard InChI is InChI=1S/C29H31N5O22S6/c1-52-19-5-4-16(57(36,37)8-6-55-61(46,47)48)12-17(19)31-33-27-23(59(40,41)42)10-15-11-24(60(43,44)45)28(29(35)25(15)26(27)30)34-32-18-13-21(54-3)22(14-20(18)53-2)58(38,39)9-7-56-62(49,50)51/h4-5,10-14,35H,6-9,30H2,1-3H3,(H,40,41,42)(H,43,44,45)(H,46,47,48)(H,49,50,51)/b33-31+,34-32+. The highest BCUT2D eigenvalue weighted by atomic mass is 32.3. The van der Waals surface area contributed by atoms with Gasteiger partial charge in [0, 0.05) is 12.1 Å². The molecule has 0 radical (unpaired) electrons. The van der Waals surface area contributed by atoms with Crippen LogP contribution >= 0.6 is 0 Å². The van der Waals surface area contributed by atoms with Gasteiger partial charge in [-0.05, 0) is 35.7 Å². The van der Waals surface area contributed by atoms with Gasteiger partial charge < -0.3 is 25.1 Å². The molecule has 4 aromatic rings. The minimum Gasteiger partial charge on any atom is -0.505 e. The number of nitrogens with zero attached hydrogens (tertiary/aromatic N) is 4. The lowest BCUT2D eigenvalue weighted by molar-refractivity contribution is 0.282. The number of benzene rings is 4. The van der Waals surface area contributed by atoms with Crippen LogP contribution in [0.1, 0.15) is 0 Å². The number of fused-ring (bicyclic) bond motifs is 1. The van der Waals surface area contributed by atoms with Crippen molar-refractivity contribution in [1.29, 1.82) is 0 Å². The zero-order chi connectivity index (χ0) is 46.8. The van der Waals surface area contributed by atoms with Crippen LogP contribution in [0.25, 0.3) is 10.8 Å². The first-order valence-electron chi connectivity index (χ1n) is 16.0. The van der Waals surface area contributed by atoms with Gasteiger partial charge in [0.05, 0.1) is 62.0 Å². The fourth-order valence-corrected chi connectivity index (χ4v) is 9.64. The Labute approximate surface area is 352 Å². The van der Waals surface area contributed by atoms with Crippen LogP contribution in [0.2, 0.25) is 0 Å². The number of azo groups is 2. The molecule has 4 aromatic carbocycles. The van der Waals surface area contributed by atoms with Crippen LogP contribution in [-0.4, -0.2) is 120 Å². The topological polar surface area (TPSA) is 428 Å². The Hall–Kier alpha value is -5.20. The molecule has 0 aliphatic heterocycles. The van der Waals surface area contributed by atoms with Gasteiger partial charge in [-0.25, -0.2) is 25.2 Å². The van der Waals surface area contributed by atoms with Crippen molar-refractivity contribution >= 4 is 99.9 Å². The van der Waals surface area contributed by atoms with Gasteiger partial charge in [-0.15, -0.1) is 20.5 Å². The Morgan fingerprint density at radius 3 is 1.50 bits per heavy atom. The van der Waals surface area contributed by atoms with Crippen molar-refractivity contribution in [2.45, 2.75) is 19.6 Å². The van der Waals surface area contributed by atoms with Crippen molar-refractivity contribution in [3.63, 3.8) is 0 Å². The van der Waals surface area contributed by atoms with Crippen molar-refractivity contribution in [3.8, 4) is 23.0 Å². The summed E-state index contributed by atoms with van der Waals surface area (Å²) in [5, 5.41) is 25.3. The number of phenols is 1. The third kappa shape index (κ3) is 11.8. The molecular formula is C29H31N5O22S6. The predicted molar refractivity (Wildman–Crippen MR) is 210 cm³/mol. The van der Waals surface area contributed by atoms with Crippen LogP contribution in [0.4, 0.5) is 28.4 Å². The van der Waals surface area contributed by atoms with Crippen LogP contribution in [-0.2, 0) is 69.1 Å². The number of nitrogen functional groups attached to an aromatic ring is 1. The summed E-state index contributed by atoms with van der Waals surface area (Å²) in [5.74, 6) is -4.27. The third-order valence-corrected chi connectivity index (χ3v) is 13.9. The molecule has 0 spiro atoms. The first kappa shape index (κ1) is 49.5. The maximum Gasteiger partial charge on any atom is 0.397 e. The summed E-state index contributed by atoms with van der Waals surface area (Å²) in [6.07, 6.45) is 0. The second-order valence-corrected chi connectivity index (χ2v) is 21.0. The van der Waals surface area contributed by atoms with Gasteiger partial charge in [-0.2, -0.15) is 33.7 Å². The number of aromatic hydroxyl groups is 1. The first-order chi connectivity index (χ1) is 28.4. The smallest absolute Gasteiger partial charge is 0.397 e. The molecule has 340 valence electrons. The average Bonchev–Trinajstić information content (AvgIpc) is 3.14. The monoisotopic (exact) mass is 993 g/mol. The van der Waals surface area contributed by atoms with E-state index in [1.807, 2.05) is 0 Å². The Kier molecular flexibility index (Phi) is 14.6. The molecule has 4 rings (SSSR count). The van der Waals surface area contributed by atoms with Crippen molar-refractivity contribution < 1.29 is 96.4 Å². The fraction of sp³-hybridized carbons (Fsp3) is 0.241. The normalized spacial score (nSPS) is 13.3. The molecular weight excluding hydrogens is 963 g/mol. The molecule has 33 heteroatoms. The van der Waals surface area contributed by atoms with Gasteiger partial charge in [0.25, 0.3) is 20.2 Å². The van der Waals surface area contributed by atoms with Crippen molar-refractivity contribution in [1.82, 2.24) is 0 Å². The molecule has 7 N–H and O–H groups in total. The van der Waals surface area contributed by atoms with Crippen molar-refractivity contribution in [2.75, 3.05) is 51.8 Å². The summed E-state index contributed by atoms with van der Waals surface area (Å²) in [4.78, 5) is -3.53. The lowest BCUT2D eigenvalue weighted by atomic mass is 10.1. The largest absolute Gasteiger partial charge is 0.505 e. The molecule has 27 nitrogen and oxygen atoms in total. The highest BCUT2D eigenvalue weighted by Gasteiger charge is 2.29. The third-order valence-electron chi connectivity index (χ3n) is 7.86. The van der Waals surface area contributed by atoms with Gasteiger partial charge in [0.2, 0.25) is 0 Å². The summed E-state index contributed by atoms with van der Waals surface area (Å²) < 4.78 is 207. The number of ether oxygens (including phenoxy) is 3. The van der Waals surface area contributed by atoms with E-state index in [1.165, 1.54) is 0 Å². The molecule has 0 amide bonds. The summed E-state index contributed by atoms with van der Waals surface area (Å²) in [6, 6.07) is 5.78. The van der Waals surface area contributed by atoms with Crippen LogP contribution in [0, 0.1) is 0 Å². The second kappa shape index (κ2) is 18.3. The number of sulfone groups is 2. The summed E-state index contributed by atoms with van der Waals surface area (Å²) in [7, 11) is -26.4. The number of phenolic OH excluding ortho intramolecular Hbond substituents is 1. The zero-order valence-electron chi connectivity index (χ0n) is 31.4. The summed E-state index contributed by atoms with van der Waals surface area (Å²) in [6.45, 7) is -2.02. The molecule has 0 unspecified atom stereocenters. The van der Waals surface area contributed by atoms with E-state index in [0.717, 1.165) is 51.7 Å². The number of nitrogens with two attached hydrogens (primary N) is 1. The van der Waals surface area contributed by atoms with Crippen LogP contribution in [0.15, 0.2) is 82.5 Å². The molecule has 0 fully saturated rings. The van der Waals surface area contributed by atoms with E-state index in [2.05, 4.69) is 28.8 Å². The fourth-order valence-electron chi connectivity index (χ4n) is 5.15. The second-order valence-electron chi connectivity index (χ2n) is 11.8. The highest BCUT2D eigenvalue weighted by Crippen LogP contribution is 2.49. The summed E-state index contributed by atoms with van der Waals surface area (Å²) >= 11 is 0. The average molecular weight is 994 g/mol. The lowest BCUT2D eigenvalue weighted by Crippen LogP contribution is -2.16. The van der Waals surface area contributed by atoms with Crippen molar-refractivity contribution in [3.05, 3.63) is 42.5 Å². The molecule has 0 saturated heterocycles. The first-order valence-corrected chi connectivity index (χ1v) is 24.9. The lowest BCUT2D eigenvalue weighted by Gasteiger charge is -2.15. The molecule has 0 saturated carbocycles. The molecule has 0 aliphatic carbocycles. The van der Waals surface area contributed by atoms with E-state index >= 15 is 0 Å².